The molecule has 0 aliphatic carbocycles. The van der Waals surface area contributed by atoms with Crippen molar-refractivity contribution in [2.45, 2.75) is 12.1 Å². The van der Waals surface area contributed by atoms with Crippen LogP contribution in [-0.2, 0) is 0 Å². The van der Waals surface area contributed by atoms with Gasteiger partial charge in [-0.25, -0.2) is 0 Å². The maximum absolute atomic E-state index is 10.7. The number of halogens is 1. The summed E-state index contributed by atoms with van der Waals surface area (Å²) in [6, 6.07) is 18.1. The number of pyridine rings is 2. The number of nitrogens with one attached hydrogen (secondary N) is 1. The molecule has 154 valence electrons. The van der Waals surface area contributed by atoms with Crippen molar-refractivity contribution in [3.8, 4) is 11.4 Å². The van der Waals surface area contributed by atoms with Crippen molar-refractivity contribution in [3.63, 3.8) is 0 Å². The van der Waals surface area contributed by atoms with Gasteiger partial charge in [0.2, 0.25) is 0 Å². The summed E-state index contributed by atoms with van der Waals surface area (Å²) in [4.78, 5) is 10.7. The summed E-state index contributed by atoms with van der Waals surface area (Å²) < 4.78 is 2.07. The van der Waals surface area contributed by atoms with Crippen molar-refractivity contribution in [3.05, 3.63) is 102 Å². The Kier molecular flexibility index (Phi) is 5.05. The van der Waals surface area contributed by atoms with Crippen LogP contribution in [0.1, 0.15) is 23.5 Å². The molecule has 0 saturated carbocycles. The van der Waals surface area contributed by atoms with Gasteiger partial charge >= 0.3 is 0 Å². The van der Waals surface area contributed by atoms with Gasteiger partial charge in [-0.15, -0.1) is 0 Å². The second kappa shape index (κ2) is 8.02. The van der Waals surface area contributed by atoms with Crippen LogP contribution in [0.2, 0.25) is 5.02 Å². The maximum Gasteiger partial charge on any atom is 0.174 e. The summed E-state index contributed by atoms with van der Waals surface area (Å²) in [5, 5.41) is 15.0. The largest absolute Gasteiger partial charge is 0.506 e. The van der Waals surface area contributed by atoms with E-state index in [1.165, 1.54) is 0 Å². The molecule has 1 aliphatic heterocycles. The topological polar surface area (TPSA) is 66.2 Å². The zero-order valence-corrected chi connectivity index (χ0v) is 17.8. The minimum atomic E-state index is -0.290. The molecule has 1 saturated heterocycles. The van der Waals surface area contributed by atoms with Crippen molar-refractivity contribution in [1.29, 1.82) is 0 Å². The van der Waals surface area contributed by atoms with Crippen LogP contribution in [0.15, 0.2) is 85.5 Å². The van der Waals surface area contributed by atoms with Crippen LogP contribution in [0.25, 0.3) is 5.69 Å². The van der Waals surface area contributed by atoms with Crippen LogP contribution in [-0.4, -0.2) is 24.8 Å². The van der Waals surface area contributed by atoms with E-state index in [0.717, 1.165) is 17.1 Å². The molecular weight excluding hydrogens is 430 g/mol. The molecule has 3 aromatic heterocycles. The first-order chi connectivity index (χ1) is 15.1. The smallest absolute Gasteiger partial charge is 0.174 e. The fraction of sp³-hybridized carbons (Fsp3) is 0.0870. The second-order valence-corrected chi connectivity index (χ2v) is 7.97. The lowest BCUT2D eigenvalue weighted by Gasteiger charge is -2.29. The van der Waals surface area contributed by atoms with E-state index in [-0.39, 0.29) is 17.8 Å². The maximum atomic E-state index is 10.7. The van der Waals surface area contributed by atoms with E-state index in [9.17, 15) is 5.11 Å². The molecule has 6 nitrogen and oxygen atoms in total. The third-order valence-electron chi connectivity index (χ3n) is 5.30. The molecule has 4 aromatic rings. The van der Waals surface area contributed by atoms with Gasteiger partial charge in [0, 0.05) is 29.3 Å². The van der Waals surface area contributed by atoms with E-state index in [2.05, 4.69) is 19.9 Å². The van der Waals surface area contributed by atoms with Gasteiger partial charge in [-0.05, 0) is 66.8 Å². The number of nitrogens with zero attached hydrogens (tertiary/aromatic N) is 4. The van der Waals surface area contributed by atoms with Gasteiger partial charge < -0.3 is 19.9 Å². The number of hydrogen-bond acceptors (Lipinski definition) is 4. The van der Waals surface area contributed by atoms with E-state index in [4.69, 9.17) is 23.8 Å². The average molecular weight is 448 g/mol. The van der Waals surface area contributed by atoms with Gasteiger partial charge in [0.05, 0.1) is 29.3 Å². The van der Waals surface area contributed by atoms with Gasteiger partial charge in [-0.1, -0.05) is 17.7 Å². The van der Waals surface area contributed by atoms with Crippen molar-refractivity contribution < 1.29 is 5.11 Å². The van der Waals surface area contributed by atoms with Gasteiger partial charge in [0.25, 0.3) is 0 Å². The monoisotopic (exact) mass is 447 g/mol. The Morgan fingerprint density at radius 2 is 1.94 bits per heavy atom. The normalized spacial score (nSPS) is 18.2. The predicted molar refractivity (Wildman–Crippen MR) is 125 cm³/mol. The van der Waals surface area contributed by atoms with E-state index in [1.807, 2.05) is 53.6 Å². The minimum absolute atomic E-state index is 0.0969. The predicted octanol–water partition coefficient (Wildman–Crippen LogP) is 4.80. The van der Waals surface area contributed by atoms with Crippen molar-refractivity contribution in [2.75, 3.05) is 4.90 Å². The van der Waals surface area contributed by atoms with Crippen LogP contribution < -0.4 is 10.2 Å². The molecule has 1 fully saturated rings. The molecular formula is C23H18ClN5OS. The number of aromatic hydroxyl groups is 1. The molecule has 31 heavy (non-hydrogen) atoms. The molecule has 2 N–H and O–H groups in total. The van der Waals surface area contributed by atoms with E-state index in [1.54, 1.807) is 36.8 Å². The zero-order valence-electron chi connectivity index (χ0n) is 16.3. The van der Waals surface area contributed by atoms with Gasteiger partial charge in [0.15, 0.2) is 5.11 Å². The highest BCUT2D eigenvalue weighted by atomic mass is 35.5. The number of phenols is 1. The van der Waals surface area contributed by atoms with E-state index < -0.39 is 0 Å². The second-order valence-electron chi connectivity index (χ2n) is 7.14. The Balaban J connectivity index is 1.70. The quantitative estimate of drug-likeness (QED) is 0.438. The summed E-state index contributed by atoms with van der Waals surface area (Å²) in [6.07, 6.45) is 7.29. The van der Waals surface area contributed by atoms with Crippen LogP contribution in [0.3, 0.4) is 0 Å². The van der Waals surface area contributed by atoms with Crippen molar-refractivity contribution >= 4 is 34.6 Å². The molecule has 0 bridgehead atoms. The van der Waals surface area contributed by atoms with Gasteiger partial charge in [0.1, 0.15) is 11.8 Å². The van der Waals surface area contributed by atoms with Crippen LogP contribution in [0.4, 0.5) is 5.69 Å². The molecule has 0 amide bonds. The standard InChI is InChI=1S/C23H18ClN5OS/c24-15-8-9-20(30)19(13-15)29-22(21(27-23(29)31)17-6-1-2-11-26-17)18-7-4-12-28(18)16-5-3-10-25-14-16/h1-14,21-22,30H,(H,27,31)/t21-,22-/m1/s1. The van der Waals surface area contributed by atoms with Crippen LogP contribution in [0.5, 0.6) is 5.75 Å². The number of thiocarbonyl (C=S) groups is 1. The SMILES string of the molecule is Oc1ccc(Cl)cc1N1C(=S)N[C@H](c2ccccn2)[C@H]1c1cccn1-c1cccnc1. The van der Waals surface area contributed by atoms with E-state index >= 15 is 0 Å². The number of phenolic OH excluding ortho intramolecular Hbond substituents is 1. The molecule has 4 heterocycles. The van der Waals surface area contributed by atoms with Crippen LogP contribution >= 0.6 is 23.8 Å². The van der Waals surface area contributed by atoms with Gasteiger partial charge in [-0.3, -0.25) is 9.97 Å². The molecule has 1 aliphatic rings. The summed E-state index contributed by atoms with van der Waals surface area (Å²) in [5.74, 6) is 0.0969. The molecule has 2 atom stereocenters. The summed E-state index contributed by atoms with van der Waals surface area (Å²) in [7, 11) is 0. The fourth-order valence-corrected chi connectivity index (χ4v) is 4.48. The Morgan fingerprint density at radius 3 is 2.71 bits per heavy atom. The molecule has 8 heteroatoms. The lowest BCUT2D eigenvalue weighted by Crippen LogP contribution is -2.30. The zero-order chi connectivity index (χ0) is 21.4. The first kappa shape index (κ1) is 19.5. The minimum Gasteiger partial charge on any atom is -0.506 e. The van der Waals surface area contributed by atoms with Crippen molar-refractivity contribution in [1.82, 2.24) is 19.9 Å². The third kappa shape index (κ3) is 3.52. The highest BCUT2D eigenvalue weighted by molar-refractivity contribution is 7.80. The average Bonchev–Trinajstić information content (AvgIpc) is 3.41. The first-order valence-corrected chi connectivity index (χ1v) is 10.5. The lowest BCUT2D eigenvalue weighted by atomic mass is 10.0. The third-order valence-corrected chi connectivity index (χ3v) is 5.85. The lowest BCUT2D eigenvalue weighted by molar-refractivity contribution is 0.472. The molecule has 0 spiro atoms. The first-order valence-electron chi connectivity index (χ1n) is 9.70. The van der Waals surface area contributed by atoms with E-state index in [0.29, 0.717) is 15.8 Å². The number of benzene rings is 1. The number of aromatic nitrogens is 3. The highest BCUT2D eigenvalue weighted by Gasteiger charge is 2.43. The van der Waals surface area contributed by atoms with Crippen LogP contribution in [0, 0.1) is 0 Å². The fourth-order valence-electron chi connectivity index (χ4n) is 3.97. The Morgan fingerprint density at radius 1 is 1.03 bits per heavy atom. The number of rotatable bonds is 4. The Labute approximate surface area is 189 Å². The molecule has 1 aromatic carbocycles. The Bertz CT molecular complexity index is 1230. The summed E-state index contributed by atoms with van der Waals surface area (Å²) in [6.45, 7) is 0. The number of anilines is 1. The Hall–Kier alpha value is -3.42. The summed E-state index contributed by atoms with van der Waals surface area (Å²) in [5.41, 5.74) is 3.27. The highest BCUT2D eigenvalue weighted by Crippen LogP contribution is 2.45. The molecule has 0 radical (unpaired) electrons. The molecule has 5 rings (SSSR count). The summed E-state index contributed by atoms with van der Waals surface area (Å²) >= 11 is 12.0. The van der Waals surface area contributed by atoms with Crippen molar-refractivity contribution in [2.24, 2.45) is 0 Å². The van der Waals surface area contributed by atoms with Gasteiger partial charge in [-0.2, -0.15) is 0 Å². The molecule has 0 unspecified atom stereocenters. The number of hydrogen-bond donors (Lipinski definition) is 2.